The minimum absolute atomic E-state index is 0.0602. The summed E-state index contributed by atoms with van der Waals surface area (Å²) in [4.78, 5) is -0.301. The topological polar surface area (TPSA) is 57.9 Å². The number of hydrogen-bond acceptors (Lipinski definition) is 3. The molecule has 90 valence electrons. The van der Waals surface area contributed by atoms with Crippen molar-refractivity contribution < 1.29 is 8.42 Å². The molecule has 1 rings (SSSR count). The first kappa shape index (κ1) is 14.6. The quantitative estimate of drug-likeness (QED) is 0.772. The molecular formula is C9H3Cl4NO2S. The van der Waals surface area contributed by atoms with Crippen LogP contribution < -0.4 is 0 Å². The van der Waals surface area contributed by atoms with Gasteiger partial charge in [0, 0.05) is 5.02 Å². The maximum absolute atomic E-state index is 11.9. The van der Waals surface area contributed by atoms with Crippen LogP contribution in [0.1, 0.15) is 0 Å². The van der Waals surface area contributed by atoms with Crippen LogP contribution in [0.4, 0.5) is 0 Å². The minimum Gasteiger partial charge on any atom is -0.217 e. The predicted molar refractivity (Wildman–Crippen MR) is 68.0 cm³/mol. The standard InChI is InChI=1S/C9H3Cl4NO2S/c10-5-1-2-6(11)8(3-5)17(15,16)9(13)7(12)4-14/h1-3H/b9-7+. The number of nitrogens with zero attached hydrogens (tertiary/aromatic N) is 1. The molecule has 0 aliphatic heterocycles. The number of benzene rings is 1. The van der Waals surface area contributed by atoms with Gasteiger partial charge < -0.3 is 0 Å². The average Bonchev–Trinajstić information content (AvgIpc) is 2.30. The Hall–Kier alpha value is -0.440. The molecule has 0 spiro atoms. The van der Waals surface area contributed by atoms with E-state index in [0.29, 0.717) is 0 Å². The summed E-state index contributed by atoms with van der Waals surface area (Å²) in [6.07, 6.45) is 0. The zero-order valence-electron chi connectivity index (χ0n) is 7.92. The van der Waals surface area contributed by atoms with Crippen LogP contribution in [-0.2, 0) is 9.84 Å². The third-order valence-electron chi connectivity index (χ3n) is 1.69. The molecule has 1 aromatic rings. The monoisotopic (exact) mass is 329 g/mol. The molecule has 0 bridgehead atoms. The molecule has 8 heteroatoms. The van der Waals surface area contributed by atoms with Gasteiger partial charge in [0.25, 0.3) is 0 Å². The third-order valence-corrected chi connectivity index (χ3v) is 5.24. The predicted octanol–water partition coefficient (Wildman–Crippen LogP) is 3.94. The molecule has 0 fully saturated rings. The van der Waals surface area contributed by atoms with E-state index in [1.165, 1.54) is 18.2 Å². The van der Waals surface area contributed by atoms with E-state index >= 15 is 0 Å². The molecule has 1 aromatic carbocycles. The fourth-order valence-electron chi connectivity index (χ4n) is 0.942. The summed E-state index contributed by atoms with van der Waals surface area (Å²) in [7, 11) is -4.13. The summed E-state index contributed by atoms with van der Waals surface area (Å²) < 4.78 is 23.1. The number of halogens is 4. The van der Waals surface area contributed by atoms with Gasteiger partial charge in [0.15, 0.2) is 4.36 Å². The van der Waals surface area contributed by atoms with Gasteiger partial charge in [-0.05, 0) is 18.2 Å². The number of sulfone groups is 1. The average molecular weight is 331 g/mol. The Morgan fingerprint density at radius 2 is 1.82 bits per heavy atom. The highest BCUT2D eigenvalue weighted by Gasteiger charge is 2.25. The summed E-state index contributed by atoms with van der Waals surface area (Å²) in [6, 6.07) is 5.29. The largest absolute Gasteiger partial charge is 0.221 e. The molecular weight excluding hydrogens is 328 g/mol. The first-order chi connectivity index (χ1) is 7.80. The molecule has 3 nitrogen and oxygen atoms in total. The lowest BCUT2D eigenvalue weighted by Gasteiger charge is -2.05. The maximum atomic E-state index is 11.9. The van der Waals surface area contributed by atoms with Crippen LogP contribution in [0.3, 0.4) is 0 Å². The Bertz CT molecular complexity index is 631. The fraction of sp³-hybridized carbons (Fsp3) is 0. The molecule has 0 atom stereocenters. The van der Waals surface area contributed by atoms with Crippen LogP contribution in [0.25, 0.3) is 0 Å². The van der Waals surface area contributed by atoms with Crippen molar-refractivity contribution in [1.82, 2.24) is 0 Å². The Balaban J connectivity index is 3.54. The van der Waals surface area contributed by atoms with Crippen LogP contribution in [0.15, 0.2) is 32.5 Å². The number of allylic oxidation sites excluding steroid dienone is 1. The van der Waals surface area contributed by atoms with Crippen molar-refractivity contribution in [3.05, 3.63) is 37.6 Å². The van der Waals surface area contributed by atoms with Crippen molar-refractivity contribution in [3.8, 4) is 6.07 Å². The number of rotatable bonds is 2. The number of nitriles is 1. The lowest BCUT2D eigenvalue weighted by molar-refractivity contribution is 0.604. The van der Waals surface area contributed by atoms with Gasteiger partial charge in [0.1, 0.15) is 11.1 Å². The molecule has 0 N–H and O–H groups in total. The van der Waals surface area contributed by atoms with Gasteiger partial charge in [-0.2, -0.15) is 5.26 Å². The van der Waals surface area contributed by atoms with Crippen molar-refractivity contribution in [2.75, 3.05) is 0 Å². The van der Waals surface area contributed by atoms with E-state index in [2.05, 4.69) is 0 Å². The molecule has 0 radical (unpaired) electrons. The van der Waals surface area contributed by atoms with Gasteiger partial charge in [0.05, 0.1) is 9.92 Å². The van der Waals surface area contributed by atoms with Crippen LogP contribution in [0.5, 0.6) is 0 Å². The van der Waals surface area contributed by atoms with Crippen LogP contribution in [0.2, 0.25) is 10.0 Å². The SMILES string of the molecule is N#C/C(Cl)=C(/Cl)S(=O)(=O)c1cc(Cl)ccc1Cl. The smallest absolute Gasteiger partial charge is 0.217 e. The van der Waals surface area contributed by atoms with E-state index in [-0.39, 0.29) is 14.9 Å². The summed E-state index contributed by atoms with van der Waals surface area (Å²) in [6.45, 7) is 0. The molecule has 17 heavy (non-hydrogen) atoms. The van der Waals surface area contributed by atoms with E-state index in [1.54, 1.807) is 0 Å². The second-order valence-electron chi connectivity index (χ2n) is 2.78. The Labute approximate surface area is 118 Å². The zero-order valence-corrected chi connectivity index (χ0v) is 11.8. The van der Waals surface area contributed by atoms with E-state index in [4.69, 9.17) is 51.7 Å². The van der Waals surface area contributed by atoms with Gasteiger partial charge in [-0.15, -0.1) is 0 Å². The minimum atomic E-state index is -4.13. The van der Waals surface area contributed by atoms with E-state index < -0.39 is 19.2 Å². The Kier molecular flexibility index (Phi) is 4.70. The number of hydrogen-bond donors (Lipinski definition) is 0. The molecule has 0 heterocycles. The lowest BCUT2D eigenvalue weighted by Crippen LogP contribution is -2.03. The molecule has 0 aliphatic carbocycles. The molecule has 0 aliphatic rings. The normalized spacial score (nSPS) is 12.9. The van der Waals surface area contributed by atoms with E-state index in [1.807, 2.05) is 0 Å². The van der Waals surface area contributed by atoms with Crippen molar-refractivity contribution in [2.24, 2.45) is 0 Å². The Morgan fingerprint density at radius 1 is 1.24 bits per heavy atom. The maximum Gasteiger partial charge on any atom is 0.221 e. The fourth-order valence-corrected chi connectivity index (χ4v) is 3.28. The molecule has 0 aromatic heterocycles. The van der Waals surface area contributed by atoms with Crippen LogP contribution in [-0.4, -0.2) is 8.42 Å². The summed E-state index contributed by atoms with van der Waals surface area (Å²) in [5, 5.41) is 7.97. The van der Waals surface area contributed by atoms with Crippen molar-refractivity contribution in [1.29, 1.82) is 5.26 Å². The van der Waals surface area contributed by atoms with Crippen LogP contribution >= 0.6 is 46.4 Å². The van der Waals surface area contributed by atoms with Crippen molar-refractivity contribution >= 4 is 56.2 Å². The second-order valence-corrected chi connectivity index (χ2v) is 6.46. The highest BCUT2D eigenvalue weighted by atomic mass is 35.5. The lowest BCUT2D eigenvalue weighted by atomic mass is 10.4. The molecule has 0 saturated heterocycles. The first-order valence-corrected chi connectivity index (χ1v) is 6.95. The third kappa shape index (κ3) is 3.06. The van der Waals surface area contributed by atoms with Crippen molar-refractivity contribution in [2.45, 2.75) is 4.90 Å². The molecule has 0 unspecified atom stereocenters. The highest BCUT2D eigenvalue weighted by Crippen LogP contribution is 2.32. The first-order valence-electron chi connectivity index (χ1n) is 3.96. The summed E-state index contributed by atoms with van der Waals surface area (Å²) >= 11 is 22.3. The molecule has 0 saturated carbocycles. The van der Waals surface area contributed by atoms with Crippen LogP contribution in [0, 0.1) is 11.3 Å². The van der Waals surface area contributed by atoms with Gasteiger partial charge >= 0.3 is 0 Å². The highest BCUT2D eigenvalue weighted by molar-refractivity contribution is 7.97. The second kappa shape index (κ2) is 5.47. The van der Waals surface area contributed by atoms with Gasteiger partial charge in [-0.1, -0.05) is 46.4 Å². The zero-order chi connectivity index (χ0) is 13.2. The van der Waals surface area contributed by atoms with E-state index in [9.17, 15) is 8.42 Å². The van der Waals surface area contributed by atoms with Gasteiger partial charge in [0.2, 0.25) is 9.84 Å². The summed E-state index contributed by atoms with van der Waals surface area (Å²) in [5.74, 6) is 0. The van der Waals surface area contributed by atoms with Gasteiger partial charge in [-0.25, -0.2) is 8.42 Å². The summed E-state index contributed by atoms with van der Waals surface area (Å²) in [5.41, 5.74) is 0. The Morgan fingerprint density at radius 3 is 2.35 bits per heavy atom. The van der Waals surface area contributed by atoms with E-state index in [0.717, 1.165) is 6.07 Å². The van der Waals surface area contributed by atoms with Crippen molar-refractivity contribution in [3.63, 3.8) is 0 Å². The molecule has 0 amide bonds. The van der Waals surface area contributed by atoms with Gasteiger partial charge in [-0.3, -0.25) is 0 Å².